The molecule has 0 N–H and O–H groups in total. The van der Waals surface area contributed by atoms with Crippen molar-refractivity contribution in [2.75, 3.05) is 13.5 Å². The number of ether oxygens (including phenoxy) is 4. The van der Waals surface area contributed by atoms with Gasteiger partial charge in [0.15, 0.2) is 7.14 Å². The third-order valence-corrected chi connectivity index (χ3v) is 10.3. The van der Waals surface area contributed by atoms with Crippen molar-refractivity contribution < 1.29 is 28.3 Å². The smallest absolute Gasteiger partial charge is 0.496 e. The largest absolute Gasteiger partial charge is 0.514 e. The van der Waals surface area contributed by atoms with Crippen LogP contribution in [0.2, 0.25) is 0 Å². The molecule has 1 aliphatic heterocycles. The Morgan fingerprint density at radius 3 is 2.53 bits per heavy atom. The second-order valence-electron chi connectivity index (χ2n) is 9.99. The first-order valence-corrected chi connectivity index (χ1v) is 12.7. The van der Waals surface area contributed by atoms with E-state index in [1.54, 1.807) is 12.1 Å². The van der Waals surface area contributed by atoms with Gasteiger partial charge >= 0.3 is 6.16 Å². The third-order valence-electron chi connectivity index (χ3n) is 6.49. The molecule has 1 aliphatic carbocycles. The molecule has 1 aromatic carbocycles. The molecular weight excluding hydrogens is 403 g/mol. The van der Waals surface area contributed by atoms with Crippen molar-refractivity contribution in [2.24, 2.45) is 17.8 Å². The average molecular weight is 439 g/mol. The summed E-state index contributed by atoms with van der Waals surface area (Å²) in [5.41, 5.74) is 0. The topological polar surface area (TPSA) is 71.1 Å². The van der Waals surface area contributed by atoms with Gasteiger partial charge in [0.2, 0.25) is 0 Å². The molecule has 3 rings (SSSR count). The van der Waals surface area contributed by atoms with E-state index in [2.05, 4.69) is 20.8 Å². The first-order valence-electron chi connectivity index (χ1n) is 10.8. The summed E-state index contributed by atoms with van der Waals surface area (Å²) in [6.45, 7) is 12.3. The van der Waals surface area contributed by atoms with E-state index in [0.29, 0.717) is 34.6 Å². The molecule has 4 atom stereocenters. The molecule has 0 unspecified atom stereocenters. The molecule has 1 saturated carbocycles. The summed E-state index contributed by atoms with van der Waals surface area (Å²) in [4.78, 5) is 12.6. The Morgan fingerprint density at radius 2 is 1.93 bits per heavy atom. The molecule has 1 fully saturated rings. The Kier molecular flexibility index (Phi) is 6.48. The van der Waals surface area contributed by atoms with Crippen molar-refractivity contribution in [3.8, 4) is 17.2 Å². The molecule has 30 heavy (non-hydrogen) atoms. The number of fused-ring (bicyclic) bond motifs is 1. The zero-order chi connectivity index (χ0) is 22.3. The number of hydrogen-bond donors (Lipinski definition) is 0. The van der Waals surface area contributed by atoms with Crippen molar-refractivity contribution >= 4 is 18.6 Å². The summed E-state index contributed by atoms with van der Waals surface area (Å²) in [5, 5.41) is 0.121. The van der Waals surface area contributed by atoms with E-state index in [4.69, 9.17) is 18.9 Å². The van der Waals surface area contributed by atoms with Crippen LogP contribution >= 0.6 is 7.14 Å². The highest BCUT2D eigenvalue weighted by molar-refractivity contribution is 7.73. The Balaban J connectivity index is 1.80. The highest BCUT2D eigenvalue weighted by Gasteiger charge is 2.47. The molecule has 0 bridgehead atoms. The normalized spacial score (nSPS) is 28.6. The standard InChI is InChI=1S/C23H35O6P/c1-14(2)17-9-8-15(3)10-18(17)29-22(24)28-16-11-19(26-7)21-20(12-16)27-13-30(21,25)23(4,5)6/h11-12,14-15,17-18H,8-10,13H2,1-7H3/t15-,17+,18-,30-/m0/s1. The Hall–Kier alpha value is -1.68. The average Bonchev–Trinajstić information content (AvgIpc) is 2.99. The first-order chi connectivity index (χ1) is 14.0. The van der Waals surface area contributed by atoms with Crippen LogP contribution in [0, 0.1) is 17.8 Å². The van der Waals surface area contributed by atoms with E-state index < -0.39 is 18.5 Å². The van der Waals surface area contributed by atoms with E-state index in [9.17, 15) is 9.36 Å². The molecule has 1 heterocycles. The van der Waals surface area contributed by atoms with Crippen molar-refractivity contribution in [2.45, 2.75) is 72.1 Å². The highest BCUT2D eigenvalue weighted by atomic mass is 31.2. The van der Waals surface area contributed by atoms with E-state index in [-0.39, 0.29) is 18.2 Å². The van der Waals surface area contributed by atoms with E-state index in [0.717, 1.165) is 19.3 Å². The van der Waals surface area contributed by atoms with Gasteiger partial charge < -0.3 is 23.5 Å². The molecule has 7 heteroatoms. The predicted molar refractivity (Wildman–Crippen MR) is 118 cm³/mol. The second-order valence-corrected chi connectivity index (χ2v) is 13.5. The van der Waals surface area contributed by atoms with Gasteiger partial charge in [-0.05, 0) is 30.6 Å². The number of hydrogen-bond acceptors (Lipinski definition) is 6. The minimum atomic E-state index is -2.83. The fourth-order valence-electron chi connectivity index (χ4n) is 4.49. The minimum absolute atomic E-state index is 0.117. The van der Waals surface area contributed by atoms with Crippen LogP contribution in [-0.4, -0.2) is 30.9 Å². The van der Waals surface area contributed by atoms with E-state index in [1.165, 1.54) is 7.11 Å². The summed E-state index contributed by atoms with van der Waals surface area (Å²) in [7, 11) is -1.31. The van der Waals surface area contributed by atoms with Crippen LogP contribution in [0.3, 0.4) is 0 Å². The molecule has 168 valence electrons. The number of carbonyl (C=O) groups is 1. The summed E-state index contributed by atoms with van der Waals surface area (Å²) < 4.78 is 36.1. The van der Waals surface area contributed by atoms with Gasteiger partial charge in [-0.15, -0.1) is 0 Å². The molecule has 0 aromatic heterocycles. The minimum Gasteiger partial charge on any atom is -0.496 e. The molecule has 0 spiro atoms. The summed E-state index contributed by atoms with van der Waals surface area (Å²) in [6.07, 6.45) is 2.31. The Labute approximate surface area is 180 Å². The summed E-state index contributed by atoms with van der Waals surface area (Å²) >= 11 is 0. The van der Waals surface area contributed by atoms with E-state index in [1.807, 2.05) is 20.8 Å². The second kappa shape index (κ2) is 8.45. The van der Waals surface area contributed by atoms with Crippen LogP contribution in [0.4, 0.5) is 4.79 Å². The van der Waals surface area contributed by atoms with Crippen LogP contribution in [0.1, 0.15) is 60.8 Å². The summed E-state index contributed by atoms with van der Waals surface area (Å²) in [5.74, 6) is 2.43. The van der Waals surface area contributed by atoms with Gasteiger partial charge in [-0.2, -0.15) is 0 Å². The Morgan fingerprint density at radius 1 is 1.23 bits per heavy atom. The van der Waals surface area contributed by atoms with Crippen LogP contribution in [0.25, 0.3) is 0 Å². The quantitative estimate of drug-likeness (QED) is 0.336. The molecule has 0 saturated heterocycles. The van der Waals surface area contributed by atoms with Gasteiger partial charge in [0.25, 0.3) is 0 Å². The third kappa shape index (κ3) is 4.34. The lowest BCUT2D eigenvalue weighted by Crippen LogP contribution is -2.36. The molecule has 2 aliphatic rings. The van der Waals surface area contributed by atoms with Crippen LogP contribution in [-0.2, 0) is 9.30 Å². The number of benzene rings is 1. The van der Waals surface area contributed by atoms with Crippen molar-refractivity contribution in [1.29, 1.82) is 0 Å². The summed E-state index contributed by atoms with van der Waals surface area (Å²) in [6, 6.07) is 3.20. The molecule has 1 aromatic rings. The van der Waals surface area contributed by atoms with Crippen LogP contribution in [0.5, 0.6) is 17.2 Å². The van der Waals surface area contributed by atoms with Crippen LogP contribution < -0.4 is 19.5 Å². The molecule has 0 amide bonds. The van der Waals surface area contributed by atoms with E-state index >= 15 is 0 Å². The number of rotatable bonds is 4. The number of carbonyl (C=O) groups excluding carboxylic acids is 1. The predicted octanol–water partition coefficient (Wildman–Crippen LogP) is 5.81. The maximum Gasteiger partial charge on any atom is 0.514 e. The Bertz CT molecular complexity index is 841. The lowest BCUT2D eigenvalue weighted by atomic mass is 9.75. The van der Waals surface area contributed by atoms with Crippen molar-refractivity contribution in [3.05, 3.63) is 12.1 Å². The maximum atomic E-state index is 13.6. The van der Waals surface area contributed by atoms with Crippen molar-refractivity contribution in [1.82, 2.24) is 0 Å². The molecular formula is C23H35O6P. The van der Waals surface area contributed by atoms with Gasteiger partial charge in [-0.3, -0.25) is 0 Å². The zero-order valence-electron chi connectivity index (χ0n) is 19.2. The van der Waals surface area contributed by atoms with Crippen LogP contribution in [0.15, 0.2) is 12.1 Å². The van der Waals surface area contributed by atoms with Gasteiger partial charge in [0.05, 0.1) is 12.4 Å². The highest BCUT2D eigenvalue weighted by Crippen LogP contribution is 2.63. The zero-order valence-corrected chi connectivity index (χ0v) is 20.1. The van der Waals surface area contributed by atoms with Gasteiger partial charge in [-0.25, -0.2) is 4.79 Å². The van der Waals surface area contributed by atoms with Gasteiger partial charge in [-0.1, -0.05) is 48.0 Å². The lowest BCUT2D eigenvalue weighted by Gasteiger charge is -2.36. The fraction of sp³-hybridized carbons (Fsp3) is 0.696. The van der Waals surface area contributed by atoms with Gasteiger partial charge in [0, 0.05) is 17.3 Å². The SMILES string of the molecule is COc1cc(OC(=O)O[C@H]2C[C@@H](C)CC[C@@H]2C(C)C)cc2c1[P@](=O)(C(C)(C)C)CO2. The van der Waals surface area contributed by atoms with Gasteiger partial charge in [0.1, 0.15) is 29.7 Å². The molecule has 0 radical (unpaired) electrons. The number of methoxy groups -OCH3 is 1. The lowest BCUT2D eigenvalue weighted by molar-refractivity contribution is -0.0137. The van der Waals surface area contributed by atoms with Crippen molar-refractivity contribution in [3.63, 3.8) is 0 Å². The fourth-order valence-corrected chi connectivity index (χ4v) is 6.99. The molecule has 6 nitrogen and oxygen atoms in total. The first kappa shape index (κ1) is 23.0. The maximum absolute atomic E-state index is 13.6. The monoisotopic (exact) mass is 438 g/mol.